The molecule has 0 fully saturated rings. The van der Waals surface area contributed by atoms with Crippen molar-refractivity contribution in [1.29, 1.82) is 0 Å². The Morgan fingerprint density at radius 3 is 2.59 bits per heavy atom. The average molecular weight is 515 g/mol. The average Bonchev–Trinajstić information content (AvgIpc) is 3.31. The number of allylic oxidation sites excluding steroid dienone is 2. The van der Waals surface area contributed by atoms with Crippen LogP contribution in [0.25, 0.3) is 0 Å². The Morgan fingerprint density at radius 2 is 1.82 bits per heavy atom. The molecule has 0 amide bonds. The van der Waals surface area contributed by atoms with Crippen molar-refractivity contribution in [1.82, 2.24) is 4.31 Å². The number of halogens is 2. The fourth-order valence-corrected chi connectivity index (χ4v) is 6.67. The first-order chi connectivity index (χ1) is 16.3. The van der Waals surface area contributed by atoms with E-state index in [2.05, 4.69) is 17.5 Å². The molecule has 3 atom stereocenters. The van der Waals surface area contributed by atoms with Crippen LogP contribution >= 0.6 is 23.2 Å². The predicted octanol–water partition coefficient (Wildman–Crippen LogP) is 6.35. The zero-order valence-corrected chi connectivity index (χ0v) is 20.8. The van der Waals surface area contributed by atoms with Crippen molar-refractivity contribution in [3.8, 4) is 5.75 Å². The minimum Gasteiger partial charge on any atom is -0.506 e. The summed E-state index contributed by atoms with van der Waals surface area (Å²) >= 11 is 12.4. The van der Waals surface area contributed by atoms with Gasteiger partial charge in [-0.2, -0.15) is 4.31 Å². The molecular weight excluding hydrogens is 491 g/mol. The molecule has 2 N–H and O–H groups in total. The van der Waals surface area contributed by atoms with Crippen LogP contribution in [0, 0.1) is 5.92 Å². The summed E-state index contributed by atoms with van der Waals surface area (Å²) in [5.41, 5.74) is 3.32. The summed E-state index contributed by atoms with van der Waals surface area (Å²) < 4.78 is 28.1. The lowest BCUT2D eigenvalue weighted by Gasteiger charge is -2.38. The molecule has 8 heteroatoms. The Bertz CT molecular complexity index is 1380. The van der Waals surface area contributed by atoms with E-state index in [1.54, 1.807) is 31.3 Å². The second-order valence-electron chi connectivity index (χ2n) is 8.80. The number of benzene rings is 3. The van der Waals surface area contributed by atoms with Crippen LogP contribution in [0.4, 0.5) is 5.69 Å². The second kappa shape index (κ2) is 8.93. The van der Waals surface area contributed by atoms with E-state index >= 15 is 0 Å². The van der Waals surface area contributed by atoms with Crippen LogP contribution in [-0.2, 0) is 16.6 Å². The zero-order chi connectivity index (χ0) is 24.0. The third-order valence-electron chi connectivity index (χ3n) is 6.68. The molecule has 1 aliphatic heterocycles. The first-order valence-electron chi connectivity index (χ1n) is 11.0. The van der Waals surface area contributed by atoms with Crippen molar-refractivity contribution in [2.24, 2.45) is 5.92 Å². The van der Waals surface area contributed by atoms with Gasteiger partial charge in [-0.3, -0.25) is 0 Å². The van der Waals surface area contributed by atoms with Crippen LogP contribution in [0.3, 0.4) is 0 Å². The molecule has 2 aliphatic rings. The number of nitrogens with one attached hydrogen (secondary N) is 1. The Morgan fingerprint density at radius 1 is 1.06 bits per heavy atom. The van der Waals surface area contributed by atoms with Gasteiger partial charge in [0.2, 0.25) is 10.0 Å². The van der Waals surface area contributed by atoms with E-state index in [0.29, 0.717) is 17.1 Å². The predicted molar refractivity (Wildman–Crippen MR) is 136 cm³/mol. The van der Waals surface area contributed by atoms with Crippen LogP contribution < -0.4 is 5.32 Å². The number of hydrogen-bond acceptors (Lipinski definition) is 4. The summed E-state index contributed by atoms with van der Waals surface area (Å²) in [6.07, 6.45) is 5.01. The van der Waals surface area contributed by atoms with Crippen molar-refractivity contribution >= 4 is 38.9 Å². The molecule has 3 unspecified atom stereocenters. The van der Waals surface area contributed by atoms with Crippen molar-refractivity contribution in [2.75, 3.05) is 12.4 Å². The van der Waals surface area contributed by atoms with E-state index in [1.807, 2.05) is 30.3 Å². The molecule has 0 aromatic heterocycles. The van der Waals surface area contributed by atoms with Gasteiger partial charge >= 0.3 is 0 Å². The van der Waals surface area contributed by atoms with Gasteiger partial charge < -0.3 is 10.4 Å². The summed E-state index contributed by atoms with van der Waals surface area (Å²) in [6, 6.07) is 17.8. The zero-order valence-electron chi connectivity index (χ0n) is 18.4. The van der Waals surface area contributed by atoms with Crippen LogP contribution in [0.1, 0.15) is 35.1 Å². The third-order valence-corrected chi connectivity index (χ3v) is 8.99. The number of sulfonamides is 1. The van der Waals surface area contributed by atoms with E-state index in [-0.39, 0.29) is 33.5 Å². The standard InChI is InChI=1S/C26H24Cl2N2O3S/c1-30(15-16-6-3-2-4-7-16)34(32,33)18-10-11-24-21(14-18)19-8-5-9-20(19)25(29-24)22-12-17(27)13-23(28)26(22)31/h2-8,10-14,19-20,25,29,31H,9,15H2,1H3. The lowest BCUT2D eigenvalue weighted by atomic mass is 9.77. The maximum Gasteiger partial charge on any atom is 0.243 e. The fourth-order valence-electron chi connectivity index (χ4n) is 4.97. The van der Waals surface area contributed by atoms with Crippen molar-refractivity contribution in [3.05, 3.63) is 99.6 Å². The molecule has 3 aromatic carbocycles. The lowest BCUT2D eigenvalue weighted by molar-refractivity contribution is 0.402. The molecule has 5 nitrogen and oxygen atoms in total. The molecule has 0 spiro atoms. The van der Waals surface area contributed by atoms with Crippen molar-refractivity contribution < 1.29 is 13.5 Å². The number of anilines is 1. The minimum atomic E-state index is -3.68. The van der Waals surface area contributed by atoms with Crippen LogP contribution in [-0.4, -0.2) is 24.9 Å². The van der Waals surface area contributed by atoms with Crippen LogP contribution in [0.2, 0.25) is 10.0 Å². The van der Waals surface area contributed by atoms with Crippen molar-refractivity contribution in [2.45, 2.75) is 29.8 Å². The van der Waals surface area contributed by atoms with E-state index in [4.69, 9.17) is 23.2 Å². The third kappa shape index (κ3) is 4.09. The van der Waals surface area contributed by atoms with E-state index in [0.717, 1.165) is 23.2 Å². The largest absolute Gasteiger partial charge is 0.506 e. The van der Waals surface area contributed by atoms with Gasteiger partial charge in [0.1, 0.15) is 5.75 Å². The number of hydrogen-bond donors (Lipinski definition) is 2. The maximum absolute atomic E-state index is 13.3. The van der Waals surface area contributed by atoms with Gasteiger partial charge in [0.05, 0.1) is 16.0 Å². The van der Waals surface area contributed by atoms with Gasteiger partial charge in [-0.15, -0.1) is 0 Å². The summed E-state index contributed by atoms with van der Waals surface area (Å²) in [5, 5.41) is 14.8. The smallest absolute Gasteiger partial charge is 0.243 e. The molecule has 0 bridgehead atoms. The second-order valence-corrected chi connectivity index (χ2v) is 11.7. The minimum absolute atomic E-state index is 0.00740. The summed E-state index contributed by atoms with van der Waals surface area (Å²) in [4.78, 5) is 0.262. The Labute approximate surface area is 209 Å². The maximum atomic E-state index is 13.3. The number of nitrogens with zero attached hydrogens (tertiary/aromatic N) is 1. The number of fused-ring (bicyclic) bond motifs is 3. The molecule has 176 valence electrons. The highest BCUT2D eigenvalue weighted by Crippen LogP contribution is 2.52. The van der Waals surface area contributed by atoms with Gasteiger partial charge in [0.25, 0.3) is 0 Å². The summed E-state index contributed by atoms with van der Waals surface area (Å²) in [5.74, 6) is 0.111. The monoisotopic (exact) mass is 514 g/mol. The highest BCUT2D eigenvalue weighted by atomic mass is 35.5. The highest BCUT2D eigenvalue weighted by molar-refractivity contribution is 7.89. The van der Waals surface area contributed by atoms with Gasteiger partial charge in [0, 0.05) is 35.8 Å². The summed E-state index contributed by atoms with van der Waals surface area (Å²) in [6.45, 7) is 0.293. The molecular formula is C26H24Cl2N2O3S. The van der Waals surface area contributed by atoms with Crippen LogP contribution in [0.5, 0.6) is 5.75 Å². The number of phenolic OH excluding ortho intramolecular Hbond substituents is 1. The SMILES string of the molecule is CN(Cc1ccccc1)S(=O)(=O)c1ccc2c(c1)C1C=CCC1C(c1cc(Cl)cc(Cl)c1O)N2. The number of aromatic hydroxyl groups is 1. The van der Waals surface area contributed by atoms with Gasteiger partial charge in [0.15, 0.2) is 0 Å². The molecule has 1 aliphatic carbocycles. The van der Waals surface area contributed by atoms with Crippen LogP contribution in [0.15, 0.2) is 77.7 Å². The molecule has 3 aromatic rings. The van der Waals surface area contributed by atoms with Gasteiger partial charge in [-0.05, 0) is 53.8 Å². The van der Waals surface area contributed by atoms with Crippen molar-refractivity contribution in [3.63, 3.8) is 0 Å². The summed E-state index contributed by atoms with van der Waals surface area (Å²) in [7, 11) is -2.08. The Kier molecular flexibility index (Phi) is 6.10. The number of phenols is 1. The van der Waals surface area contributed by atoms with E-state index in [1.165, 1.54) is 10.4 Å². The van der Waals surface area contributed by atoms with Gasteiger partial charge in [-0.25, -0.2) is 8.42 Å². The first-order valence-corrected chi connectivity index (χ1v) is 13.2. The van der Waals surface area contributed by atoms with E-state index < -0.39 is 10.0 Å². The molecule has 34 heavy (non-hydrogen) atoms. The fraction of sp³-hybridized carbons (Fsp3) is 0.231. The van der Waals surface area contributed by atoms with Gasteiger partial charge in [-0.1, -0.05) is 65.7 Å². The first kappa shape index (κ1) is 23.2. The normalized spacial score (nSPS) is 21.2. The molecule has 5 rings (SSSR count). The topological polar surface area (TPSA) is 69.6 Å². The highest BCUT2D eigenvalue weighted by Gasteiger charge is 2.40. The van der Waals surface area contributed by atoms with E-state index in [9.17, 15) is 13.5 Å². The number of rotatable bonds is 5. The molecule has 1 heterocycles. The Hall–Kier alpha value is -2.51. The Balaban J connectivity index is 1.49. The molecule has 0 saturated carbocycles. The quantitative estimate of drug-likeness (QED) is 0.389. The lowest BCUT2D eigenvalue weighted by Crippen LogP contribution is -2.30. The molecule has 0 saturated heterocycles. The molecule has 0 radical (unpaired) electrons.